The van der Waals surface area contributed by atoms with Gasteiger partial charge in [-0.3, -0.25) is 9.69 Å². The van der Waals surface area contributed by atoms with Crippen molar-refractivity contribution in [2.75, 3.05) is 26.2 Å². The van der Waals surface area contributed by atoms with E-state index in [0.29, 0.717) is 6.61 Å². The van der Waals surface area contributed by atoms with Crippen LogP contribution in [0.25, 0.3) is 0 Å². The number of nitrogens with zero attached hydrogens (tertiary/aromatic N) is 1. The Kier molecular flexibility index (Phi) is 5.01. The monoisotopic (exact) mass is 277 g/mol. The molecule has 0 aliphatic carbocycles. The zero-order valence-corrected chi connectivity index (χ0v) is 12.2. The van der Waals surface area contributed by atoms with E-state index in [4.69, 9.17) is 9.84 Å². The molecule has 0 bridgehead atoms. The van der Waals surface area contributed by atoms with Gasteiger partial charge < -0.3 is 9.84 Å². The molecule has 4 nitrogen and oxygen atoms in total. The summed E-state index contributed by atoms with van der Waals surface area (Å²) in [6, 6.07) is 7.30. The van der Waals surface area contributed by atoms with E-state index in [1.54, 1.807) is 0 Å². The van der Waals surface area contributed by atoms with Crippen molar-refractivity contribution in [3.05, 3.63) is 29.8 Å². The third-order valence-electron chi connectivity index (χ3n) is 4.02. The van der Waals surface area contributed by atoms with Gasteiger partial charge in [0.25, 0.3) is 0 Å². The fourth-order valence-corrected chi connectivity index (χ4v) is 2.60. The zero-order valence-electron chi connectivity index (χ0n) is 12.2. The van der Waals surface area contributed by atoms with Crippen LogP contribution in [0.15, 0.2) is 24.3 Å². The molecule has 1 aromatic rings. The molecule has 0 saturated carbocycles. The molecule has 4 heteroatoms. The summed E-state index contributed by atoms with van der Waals surface area (Å²) in [4.78, 5) is 13.0. The molecule has 1 fully saturated rings. The second kappa shape index (κ2) is 6.75. The number of carboxylic acids is 1. The number of hydrogen-bond donors (Lipinski definition) is 1. The maximum atomic E-state index is 10.6. The summed E-state index contributed by atoms with van der Waals surface area (Å²) >= 11 is 0. The van der Waals surface area contributed by atoms with E-state index in [1.165, 1.54) is 0 Å². The molecular formula is C16H23NO3. The summed E-state index contributed by atoms with van der Waals surface area (Å²) in [5.41, 5.74) is 0.798. The molecule has 0 aromatic heterocycles. The van der Waals surface area contributed by atoms with E-state index in [2.05, 4.69) is 18.7 Å². The van der Waals surface area contributed by atoms with Gasteiger partial charge in [0.05, 0.1) is 6.42 Å². The number of hydrogen-bond acceptors (Lipinski definition) is 3. The summed E-state index contributed by atoms with van der Waals surface area (Å²) in [6.45, 7) is 8.53. The van der Waals surface area contributed by atoms with E-state index in [1.807, 2.05) is 24.3 Å². The van der Waals surface area contributed by atoms with Crippen molar-refractivity contribution in [3.8, 4) is 5.75 Å². The molecule has 2 atom stereocenters. The molecule has 0 amide bonds. The van der Waals surface area contributed by atoms with Crippen LogP contribution in [0.2, 0.25) is 0 Å². The average Bonchev–Trinajstić information content (AvgIpc) is 2.70. The van der Waals surface area contributed by atoms with Gasteiger partial charge in [-0.25, -0.2) is 0 Å². The van der Waals surface area contributed by atoms with Crippen molar-refractivity contribution in [3.63, 3.8) is 0 Å². The van der Waals surface area contributed by atoms with Gasteiger partial charge in [0, 0.05) is 19.6 Å². The van der Waals surface area contributed by atoms with Crippen LogP contribution in [0.3, 0.4) is 0 Å². The predicted octanol–water partition coefficient (Wildman–Crippen LogP) is 2.28. The molecule has 110 valence electrons. The van der Waals surface area contributed by atoms with Crippen LogP contribution in [0.4, 0.5) is 0 Å². The Morgan fingerprint density at radius 1 is 1.25 bits per heavy atom. The molecule has 1 N–H and O–H groups in total. The molecular weight excluding hydrogens is 254 g/mol. The van der Waals surface area contributed by atoms with Gasteiger partial charge in [0.1, 0.15) is 12.4 Å². The maximum absolute atomic E-state index is 10.6. The van der Waals surface area contributed by atoms with Gasteiger partial charge in [-0.2, -0.15) is 0 Å². The first-order chi connectivity index (χ1) is 9.54. The molecule has 20 heavy (non-hydrogen) atoms. The Morgan fingerprint density at radius 3 is 2.40 bits per heavy atom. The third-order valence-corrected chi connectivity index (χ3v) is 4.02. The number of rotatable bonds is 6. The Hall–Kier alpha value is -1.55. The number of carbonyl (C=O) groups is 1. The molecule has 2 rings (SSSR count). The van der Waals surface area contributed by atoms with E-state index >= 15 is 0 Å². The lowest BCUT2D eigenvalue weighted by Gasteiger charge is -2.15. The number of carboxylic acid groups (broad SMARTS) is 1. The van der Waals surface area contributed by atoms with Crippen LogP contribution in [-0.4, -0.2) is 42.2 Å². The highest BCUT2D eigenvalue weighted by molar-refractivity contribution is 5.70. The van der Waals surface area contributed by atoms with Crippen LogP contribution >= 0.6 is 0 Å². The van der Waals surface area contributed by atoms with Gasteiger partial charge in [-0.1, -0.05) is 26.0 Å². The molecule has 1 aromatic carbocycles. The number of ether oxygens (including phenoxy) is 1. The number of aliphatic carboxylic acids is 1. The SMILES string of the molecule is CC1CN(CCOc2ccc(CC(=O)O)cc2)CC1C. The first-order valence-electron chi connectivity index (χ1n) is 7.20. The molecule has 1 saturated heterocycles. The van der Waals surface area contributed by atoms with Crippen molar-refractivity contribution in [2.24, 2.45) is 11.8 Å². The van der Waals surface area contributed by atoms with Crippen LogP contribution < -0.4 is 4.74 Å². The second-order valence-electron chi connectivity index (χ2n) is 5.78. The first-order valence-corrected chi connectivity index (χ1v) is 7.20. The largest absolute Gasteiger partial charge is 0.492 e. The summed E-state index contributed by atoms with van der Waals surface area (Å²) in [6.07, 6.45) is 0.0594. The third kappa shape index (κ3) is 4.23. The lowest BCUT2D eigenvalue weighted by Crippen LogP contribution is -2.26. The fourth-order valence-electron chi connectivity index (χ4n) is 2.60. The summed E-state index contributed by atoms with van der Waals surface area (Å²) < 4.78 is 5.71. The Labute approximate surface area is 120 Å². The van der Waals surface area contributed by atoms with E-state index < -0.39 is 5.97 Å². The average molecular weight is 277 g/mol. The van der Waals surface area contributed by atoms with Crippen molar-refractivity contribution >= 4 is 5.97 Å². The van der Waals surface area contributed by atoms with Gasteiger partial charge >= 0.3 is 5.97 Å². The summed E-state index contributed by atoms with van der Waals surface area (Å²) in [5.74, 6) is 1.53. The number of benzene rings is 1. The lowest BCUT2D eigenvalue weighted by atomic mass is 10.0. The predicted molar refractivity (Wildman–Crippen MR) is 78.0 cm³/mol. The minimum Gasteiger partial charge on any atom is -0.492 e. The second-order valence-corrected chi connectivity index (χ2v) is 5.78. The minimum absolute atomic E-state index is 0.0594. The van der Waals surface area contributed by atoms with Gasteiger partial charge in [0.15, 0.2) is 0 Å². The highest BCUT2D eigenvalue weighted by Gasteiger charge is 2.25. The smallest absolute Gasteiger partial charge is 0.307 e. The first kappa shape index (κ1) is 14.9. The highest BCUT2D eigenvalue weighted by atomic mass is 16.5. The molecule has 0 spiro atoms. The summed E-state index contributed by atoms with van der Waals surface area (Å²) in [5, 5.41) is 8.70. The highest BCUT2D eigenvalue weighted by Crippen LogP contribution is 2.21. The molecule has 1 aliphatic heterocycles. The van der Waals surface area contributed by atoms with E-state index in [0.717, 1.165) is 42.8 Å². The standard InChI is InChI=1S/C16H23NO3/c1-12-10-17(11-13(12)2)7-8-20-15-5-3-14(4-6-15)9-16(18)19/h3-6,12-13H,7-11H2,1-2H3,(H,18,19). The zero-order chi connectivity index (χ0) is 14.5. The quantitative estimate of drug-likeness (QED) is 0.866. The maximum Gasteiger partial charge on any atom is 0.307 e. The number of likely N-dealkylation sites (tertiary alicyclic amines) is 1. The molecule has 1 heterocycles. The molecule has 1 aliphatic rings. The van der Waals surface area contributed by atoms with Crippen molar-refractivity contribution in [1.29, 1.82) is 0 Å². The van der Waals surface area contributed by atoms with Crippen LogP contribution in [0.5, 0.6) is 5.75 Å². The Morgan fingerprint density at radius 2 is 1.85 bits per heavy atom. The van der Waals surface area contributed by atoms with Crippen molar-refractivity contribution in [2.45, 2.75) is 20.3 Å². The van der Waals surface area contributed by atoms with Gasteiger partial charge in [-0.05, 0) is 29.5 Å². The Balaban J connectivity index is 1.73. The van der Waals surface area contributed by atoms with Crippen LogP contribution in [0, 0.1) is 11.8 Å². The van der Waals surface area contributed by atoms with Crippen LogP contribution in [0.1, 0.15) is 19.4 Å². The molecule has 0 radical (unpaired) electrons. The minimum atomic E-state index is -0.809. The van der Waals surface area contributed by atoms with Crippen molar-refractivity contribution < 1.29 is 14.6 Å². The Bertz CT molecular complexity index is 434. The van der Waals surface area contributed by atoms with Gasteiger partial charge in [-0.15, -0.1) is 0 Å². The van der Waals surface area contributed by atoms with Gasteiger partial charge in [0.2, 0.25) is 0 Å². The van der Waals surface area contributed by atoms with Crippen molar-refractivity contribution in [1.82, 2.24) is 4.90 Å². The normalized spacial score (nSPS) is 22.9. The van der Waals surface area contributed by atoms with Crippen LogP contribution in [-0.2, 0) is 11.2 Å². The van der Waals surface area contributed by atoms with E-state index in [-0.39, 0.29) is 6.42 Å². The topological polar surface area (TPSA) is 49.8 Å². The molecule has 2 unspecified atom stereocenters. The fraction of sp³-hybridized carbons (Fsp3) is 0.562. The van der Waals surface area contributed by atoms with E-state index in [9.17, 15) is 4.79 Å². The lowest BCUT2D eigenvalue weighted by molar-refractivity contribution is -0.136. The summed E-state index contributed by atoms with van der Waals surface area (Å²) in [7, 11) is 0.